The Hall–Kier alpha value is -3.92. The van der Waals surface area contributed by atoms with Gasteiger partial charge in [0.2, 0.25) is 5.91 Å². The molecule has 0 aliphatic heterocycles. The Morgan fingerprint density at radius 3 is 2.31 bits per heavy atom. The van der Waals surface area contributed by atoms with E-state index in [0.29, 0.717) is 22.5 Å². The molecule has 0 radical (unpaired) electrons. The molecule has 1 aromatic heterocycles. The van der Waals surface area contributed by atoms with Crippen LogP contribution >= 0.6 is 11.8 Å². The Morgan fingerprint density at radius 2 is 1.63 bits per heavy atom. The van der Waals surface area contributed by atoms with Crippen molar-refractivity contribution in [2.24, 2.45) is 0 Å². The maximum absolute atomic E-state index is 13.9. The van der Waals surface area contributed by atoms with Crippen molar-refractivity contribution in [3.63, 3.8) is 0 Å². The molecule has 1 unspecified atom stereocenters. The van der Waals surface area contributed by atoms with E-state index in [4.69, 9.17) is 9.47 Å². The number of hydrogen-bond donors (Lipinski definition) is 1. The number of nitrogens with one attached hydrogen (secondary N) is 1. The number of rotatable bonds is 9. The monoisotopic (exact) mass is 496 g/mol. The van der Waals surface area contributed by atoms with Gasteiger partial charge in [0, 0.05) is 5.69 Å². The predicted molar refractivity (Wildman–Crippen MR) is 129 cm³/mol. The molecule has 35 heavy (non-hydrogen) atoms. The summed E-state index contributed by atoms with van der Waals surface area (Å²) in [6, 6.07) is 20.0. The zero-order chi connectivity index (χ0) is 24.8. The SMILES string of the molecule is COc1ccccc1OC(C)c1nnc(SCC(=O)Nc2c(F)cccc2F)n1-c1ccccc1. The number of benzene rings is 3. The Labute approximate surface area is 205 Å². The minimum absolute atomic E-state index is 0.138. The molecule has 0 fully saturated rings. The maximum Gasteiger partial charge on any atom is 0.235 e. The van der Waals surface area contributed by atoms with Crippen molar-refractivity contribution in [1.29, 1.82) is 0 Å². The van der Waals surface area contributed by atoms with E-state index in [1.807, 2.05) is 49.4 Å². The summed E-state index contributed by atoms with van der Waals surface area (Å²) in [7, 11) is 1.56. The van der Waals surface area contributed by atoms with Gasteiger partial charge in [0.1, 0.15) is 17.3 Å². The largest absolute Gasteiger partial charge is 0.493 e. The summed E-state index contributed by atoms with van der Waals surface area (Å²) in [6.45, 7) is 1.83. The molecule has 3 aromatic carbocycles. The van der Waals surface area contributed by atoms with Crippen LogP contribution in [0.25, 0.3) is 5.69 Å². The van der Waals surface area contributed by atoms with E-state index in [0.717, 1.165) is 29.6 Å². The summed E-state index contributed by atoms with van der Waals surface area (Å²) < 4.78 is 41.0. The molecule has 0 saturated carbocycles. The standard InChI is InChI=1S/C25H22F2N4O3S/c1-16(34-21-14-7-6-13-20(21)33-2)24-29-30-25(31(24)17-9-4-3-5-10-17)35-15-22(32)28-23-18(26)11-8-12-19(23)27/h3-14,16H,15H2,1-2H3,(H,28,32). The third kappa shape index (κ3) is 5.60. The molecule has 0 spiro atoms. The van der Waals surface area contributed by atoms with Crippen molar-refractivity contribution in [3.8, 4) is 17.2 Å². The maximum atomic E-state index is 13.9. The highest BCUT2D eigenvalue weighted by Gasteiger charge is 2.23. The van der Waals surface area contributed by atoms with Gasteiger partial charge in [-0.15, -0.1) is 10.2 Å². The molecule has 180 valence electrons. The number of halogens is 2. The number of methoxy groups -OCH3 is 1. The molecular weight excluding hydrogens is 474 g/mol. The highest BCUT2D eigenvalue weighted by Crippen LogP contribution is 2.32. The first kappa shape index (κ1) is 24.2. The van der Waals surface area contributed by atoms with Gasteiger partial charge in [0.15, 0.2) is 28.6 Å². The van der Waals surface area contributed by atoms with Gasteiger partial charge < -0.3 is 14.8 Å². The van der Waals surface area contributed by atoms with Gasteiger partial charge in [0.05, 0.1) is 12.9 Å². The molecule has 4 aromatic rings. The summed E-state index contributed by atoms with van der Waals surface area (Å²) in [5, 5.41) is 11.3. The fraction of sp³-hybridized carbons (Fsp3) is 0.160. The normalized spacial score (nSPS) is 11.7. The molecule has 10 heteroatoms. The minimum atomic E-state index is -0.847. The highest BCUT2D eigenvalue weighted by molar-refractivity contribution is 7.99. The number of hydrogen-bond acceptors (Lipinski definition) is 6. The van der Waals surface area contributed by atoms with Gasteiger partial charge in [0.25, 0.3) is 0 Å². The Bertz CT molecular complexity index is 1300. The molecule has 0 aliphatic rings. The molecule has 4 rings (SSSR count). The second-order valence-corrected chi connectivity index (χ2v) is 8.30. The first-order valence-electron chi connectivity index (χ1n) is 10.6. The number of carbonyl (C=O) groups is 1. The molecule has 1 amide bonds. The number of amides is 1. The third-order valence-electron chi connectivity index (χ3n) is 4.97. The van der Waals surface area contributed by atoms with Gasteiger partial charge in [-0.3, -0.25) is 9.36 Å². The van der Waals surface area contributed by atoms with Crippen LogP contribution < -0.4 is 14.8 Å². The van der Waals surface area contributed by atoms with E-state index in [1.165, 1.54) is 6.07 Å². The number of carbonyl (C=O) groups excluding carboxylic acids is 1. The summed E-state index contributed by atoms with van der Waals surface area (Å²) in [6.07, 6.45) is -0.519. The lowest BCUT2D eigenvalue weighted by atomic mass is 10.3. The van der Waals surface area contributed by atoms with E-state index >= 15 is 0 Å². The van der Waals surface area contributed by atoms with Crippen molar-refractivity contribution in [2.75, 3.05) is 18.2 Å². The second-order valence-electron chi connectivity index (χ2n) is 7.36. The fourth-order valence-corrected chi connectivity index (χ4v) is 4.10. The summed E-state index contributed by atoms with van der Waals surface area (Å²) in [4.78, 5) is 12.4. The quantitative estimate of drug-likeness (QED) is 0.312. The van der Waals surface area contributed by atoms with Crippen LogP contribution in [0.1, 0.15) is 18.9 Å². The number of thioether (sulfide) groups is 1. The number of nitrogens with zero attached hydrogens (tertiary/aromatic N) is 3. The van der Waals surface area contributed by atoms with Gasteiger partial charge >= 0.3 is 0 Å². The van der Waals surface area contributed by atoms with Crippen LogP contribution in [0.15, 0.2) is 78.0 Å². The average Bonchev–Trinajstić information content (AvgIpc) is 3.30. The van der Waals surface area contributed by atoms with E-state index in [-0.39, 0.29) is 5.75 Å². The first-order chi connectivity index (χ1) is 17.0. The molecule has 7 nitrogen and oxygen atoms in total. The molecule has 1 N–H and O–H groups in total. The average molecular weight is 497 g/mol. The van der Waals surface area contributed by atoms with Gasteiger partial charge in [-0.1, -0.05) is 48.2 Å². The van der Waals surface area contributed by atoms with Crippen LogP contribution in [0.4, 0.5) is 14.5 Å². The van der Waals surface area contributed by atoms with Crippen molar-refractivity contribution in [2.45, 2.75) is 18.2 Å². The van der Waals surface area contributed by atoms with Crippen LogP contribution in [0, 0.1) is 11.6 Å². The van der Waals surface area contributed by atoms with Crippen LogP contribution in [-0.2, 0) is 4.79 Å². The predicted octanol–water partition coefficient (Wildman–Crippen LogP) is 5.42. The van der Waals surface area contributed by atoms with Gasteiger partial charge in [-0.25, -0.2) is 8.78 Å². The first-order valence-corrected chi connectivity index (χ1v) is 11.6. The number of aromatic nitrogens is 3. The molecule has 0 saturated heterocycles. The van der Waals surface area contributed by atoms with Gasteiger partial charge in [-0.05, 0) is 43.3 Å². The Balaban J connectivity index is 1.57. The van der Waals surface area contributed by atoms with E-state index < -0.39 is 29.3 Å². The molecular formula is C25H22F2N4O3S. The minimum Gasteiger partial charge on any atom is -0.493 e. The smallest absolute Gasteiger partial charge is 0.235 e. The summed E-state index contributed by atoms with van der Waals surface area (Å²) >= 11 is 1.09. The van der Waals surface area contributed by atoms with Crippen molar-refractivity contribution in [3.05, 3.63) is 90.3 Å². The number of para-hydroxylation sites is 4. The van der Waals surface area contributed by atoms with Crippen molar-refractivity contribution in [1.82, 2.24) is 14.8 Å². The summed E-state index contributed by atoms with van der Waals surface area (Å²) in [5.74, 6) is -0.782. The lowest BCUT2D eigenvalue weighted by molar-refractivity contribution is -0.113. The van der Waals surface area contributed by atoms with E-state index in [9.17, 15) is 13.6 Å². The van der Waals surface area contributed by atoms with Crippen LogP contribution in [0.2, 0.25) is 0 Å². The molecule has 1 heterocycles. The molecule has 0 bridgehead atoms. The van der Waals surface area contributed by atoms with E-state index in [1.54, 1.807) is 23.8 Å². The third-order valence-corrected chi connectivity index (χ3v) is 5.90. The number of ether oxygens (including phenoxy) is 2. The fourth-order valence-electron chi connectivity index (χ4n) is 3.34. The lowest BCUT2D eigenvalue weighted by Crippen LogP contribution is -2.17. The van der Waals surface area contributed by atoms with Crippen LogP contribution in [-0.4, -0.2) is 33.5 Å². The van der Waals surface area contributed by atoms with Crippen LogP contribution in [0.3, 0.4) is 0 Å². The topological polar surface area (TPSA) is 78.3 Å². The lowest BCUT2D eigenvalue weighted by Gasteiger charge is -2.18. The van der Waals surface area contributed by atoms with Gasteiger partial charge in [-0.2, -0.15) is 0 Å². The van der Waals surface area contributed by atoms with E-state index in [2.05, 4.69) is 15.5 Å². The van der Waals surface area contributed by atoms with Crippen molar-refractivity contribution >= 4 is 23.4 Å². The van der Waals surface area contributed by atoms with Crippen LogP contribution in [0.5, 0.6) is 11.5 Å². The Kier molecular flexibility index (Phi) is 7.61. The zero-order valence-electron chi connectivity index (χ0n) is 18.9. The highest BCUT2D eigenvalue weighted by atomic mass is 32.2. The second kappa shape index (κ2) is 11.0. The Morgan fingerprint density at radius 1 is 0.971 bits per heavy atom. The molecule has 0 aliphatic carbocycles. The summed E-state index contributed by atoms with van der Waals surface area (Å²) in [5.41, 5.74) is 0.285. The van der Waals surface area contributed by atoms with Crippen molar-refractivity contribution < 1.29 is 23.0 Å². The zero-order valence-corrected chi connectivity index (χ0v) is 19.8. The number of anilines is 1. The molecule has 1 atom stereocenters.